The largest absolute Gasteiger partial charge is 0.507 e. The topological polar surface area (TPSA) is 130 Å². The van der Waals surface area contributed by atoms with Crippen LogP contribution in [0.2, 0.25) is 0 Å². The monoisotopic (exact) mass is 442 g/mol. The molecular weight excluding hydrogens is 416 g/mol. The molecule has 0 aliphatic carbocycles. The first-order chi connectivity index (χ1) is 15.1. The van der Waals surface area contributed by atoms with E-state index in [1.165, 1.54) is 19.2 Å². The molecule has 4 rings (SSSR count). The molecule has 1 atom stereocenters. The van der Waals surface area contributed by atoms with Crippen molar-refractivity contribution in [2.45, 2.75) is 45.3 Å². The van der Waals surface area contributed by atoms with Crippen LogP contribution >= 0.6 is 0 Å². The number of fused-ring (bicyclic) bond motifs is 3. The zero-order chi connectivity index (χ0) is 23.4. The van der Waals surface area contributed by atoms with E-state index in [-0.39, 0.29) is 58.6 Å². The second-order valence-electron chi connectivity index (χ2n) is 8.66. The minimum absolute atomic E-state index is 0.00639. The summed E-state index contributed by atoms with van der Waals surface area (Å²) in [6.45, 7) is 4.82. The minimum atomic E-state index is -1.15. The molecular formula is C24H26O8. The first kappa shape index (κ1) is 22.0. The van der Waals surface area contributed by atoms with E-state index in [0.717, 1.165) is 0 Å². The second-order valence-corrected chi connectivity index (χ2v) is 8.66. The van der Waals surface area contributed by atoms with Crippen LogP contribution in [0.15, 0.2) is 33.0 Å². The summed E-state index contributed by atoms with van der Waals surface area (Å²) in [5.41, 5.74) is 0.107. The number of ether oxygens (including phenoxy) is 2. The number of aliphatic hydroxyl groups is 2. The molecule has 0 saturated heterocycles. The van der Waals surface area contributed by atoms with Crippen LogP contribution in [-0.4, -0.2) is 45.8 Å². The molecule has 8 heteroatoms. The molecule has 0 saturated carbocycles. The van der Waals surface area contributed by atoms with Crippen LogP contribution in [0, 0.1) is 0 Å². The smallest absolute Gasteiger partial charge is 0.204 e. The number of rotatable bonds is 5. The van der Waals surface area contributed by atoms with Crippen LogP contribution in [0.4, 0.5) is 0 Å². The summed E-state index contributed by atoms with van der Waals surface area (Å²) < 4.78 is 17.1. The van der Waals surface area contributed by atoms with E-state index in [4.69, 9.17) is 13.9 Å². The number of phenols is 2. The number of allylic oxidation sites excluding steroid dienone is 1. The quantitative estimate of drug-likeness (QED) is 0.351. The first-order valence-corrected chi connectivity index (χ1v) is 10.3. The standard InChI is InChI=1S/C24H26O8/c1-11(10-25)5-6-12-19-16(8-14(26)23(12)30-4)31-17-9-15-13(21(27)20(17)22(19)28)7-18(32-15)24(2,3)29/h5,8-9,18,25-27,29H,6-7,10H2,1-4H3/b11-5-. The van der Waals surface area contributed by atoms with Gasteiger partial charge in [0.25, 0.3) is 0 Å². The molecule has 170 valence electrons. The summed E-state index contributed by atoms with van der Waals surface area (Å²) in [4.78, 5) is 13.6. The molecule has 1 aromatic heterocycles. The molecule has 1 unspecified atom stereocenters. The maximum absolute atomic E-state index is 13.6. The molecule has 2 aromatic carbocycles. The van der Waals surface area contributed by atoms with Crippen molar-refractivity contribution in [2.75, 3.05) is 13.7 Å². The van der Waals surface area contributed by atoms with Gasteiger partial charge >= 0.3 is 0 Å². The fourth-order valence-corrected chi connectivity index (χ4v) is 4.05. The Hall–Kier alpha value is -3.23. The Morgan fingerprint density at radius 1 is 1.25 bits per heavy atom. The van der Waals surface area contributed by atoms with Crippen molar-refractivity contribution < 1.29 is 34.3 Å². The van der Waals surface area contributed by atoms with Crippen molar-refractivity contribution in [3.05, 3.63) is 45.1 Å². The third kappa shape index (κ3) is 3.45. The van der Waals surface area contributed by atoms with Crippen LogP contribution < -0.4 is 14.9 Å². The van der Waals surface area contributed by atoms with Gasteiger partial charge in [0.15, 0.2) is 11.5 Å². The molecule has 4 N–H and O–H groups in total. The molecule has 0 amide bonds. The van der Waals surface area contributed by atoms with Crippen LogP contribution in [0.3, 0.4) is 0 Å². The number of benzene rings is 2. The third-order valence-electron chi connectivity index (χ3n) is 5.88. The summed E-state index contributed by atoms with van der Waals surface area (Å²) in [7, 11) is 1.38. The van der Waals surface area contributed by atoms with Gasteiger partial charge in [-0.2, -0.15) is 0 Å². The van der Waals surface area contributed by atoms with Crippen molar-refractivity contribution >= 4 is 21.9 Å². The van der Waals surface area contributed by atoms with Gasteiger partial charge in [-0.1, -0.05) is 11.6 Å². The Morgan fingerprint density at radius 2 is 1.94 bits per heavy atom. The molecule has 8 nitrogen and oxygen atoms in total. The number of hydrogen-bond donors (Lipinski definition) is 4. The average molecular weight is 442 g/mol. The van der Waals surface area contributed by atoms with E-state index >= 15 is 0 Å². The van der Waals surface area contributed by atoms with Gasteiger partial charge in [0.05, 0.1) is 24.7 Å². The van der Waals surface area contributed by atoms with Gasteiger partial charge in [0, 0.05) is 29.7 Å². The molecule has 0 spiro atoms. The molecule has 32 heavy (non-hydrogen) atoms. The normalized spacial score (nSPS) is 16.4. The Balaban J connectivity index is 2.02. The molecule has 0 fully saturated rings. The molecule has 2 heterocycles. The number of aliphatic hydroxyl groups excluding tert-OH is 1. The summed E-state index contributed by atoms with van der Waals surface area (Å²) in [5, 5.41) is 41.2. The molecule has 1 aliphatic rings. The summed E-state index contributed by atoms with van der Waals surface area (Å²) in [6, 6.07) is 2.82. The Kier molecular flexibility index (Phi) is 5.30. The van der Waals surface area contributed by atoms with Gasteiger partial charge in [-0.25, -0.2) is 0 Å². The highest BCUT2D eigenvalue weighted by Crippen LogP contribution is 2.44. The van der Waals surface area contributed by atoms with Crippen molar-refractivity contribution in [2.24, 2.45) is 0 Å². The van der Waals surface area contributed by atoms with E-state index in [9.17, 15) is 25.2 Å². The van der Waals surface area contributed by atoms with Gasteiger partial charge in [0.1, 0.15) is 34.2 Å². The van der Waals surface area contributed by atoms with Crippen molar-refractivity contribution in [1.82, 2.24) is 0 Å². The lowest BCUT2D eigenvalue weighted by Gasteiger charge is -2.24. The highest BCUT2D eigenvalue weighted by Gasteiger charge is 2.37. The third-order valence-corrected chi connectivity index (χ3v) is 5.88. The lowest BCUT2D eigenvalue weighted by atomic mass is 9.95. The number of aromatic hydroxyl groups is 2. The Labute approximate surface area is 183 Å². The SMILES string of the molecule is COc1c(O)cc2oc3cc4c(c(O)c3c(=O)c2c1C/C=C(/C)CO)CC(C(C)(C)O)O4. The predicted molar refractivity (Wildman–Crippen MR) is 119 cm³/mol. The van der Waals surface area contributed by atoms with Crippen LogP contribution in [0.25, 0.3) is 21.9 Å². The van der Waals surface area contributed by atoms with Gasteiger partial charge in [-0.3, -0.25) is 4.79 Å². The van der Waals surface area contributed by atoms with Crippen LogP contribution in [0.1, 0.15) is 31.9 Å². The maximum Gasteiger partial charge on any atom is 0.204 e. The predicted octanol–water partition coefficient (Wildman–Crippen LogP) is 2.92. The van der Waals surface area contributed by atoms with E-state index < -0.39 is 17.1 Å². The van der Waals surface area contributed by atoms with E-state index in [1.54, 1.807) is 26.8 Å². The highest BCUT2D eigenvalue weighted by atomic mass is 16.5. The molecule has 0 radical (unpaired) electrons. The highest BCUT2D eigenvalue weighted by molar-refractivity contribution is 5.98. The zero-order valence-corrected chi connectivity index (χ0v) is 18.4. The lowest BCUT2D eigenvalue weighted by molar-refractivity contribution is -0.0229. The molecule has 3 aromatic rings. The van der Waals surface area contributed by atoms with Gasteiger partial charge in [-0.15, -0.1) is 0 Å². The summed E-state index contributed by atoms with van der Waals surface area (Å²) in [6.07, 6.45) is 1.58. The zero-order valence-electron chi connectivity index (χ0n) is 18.4. The Morgan fingerprint density at radius 3 is 2.56 bits per heavy atom. The van der Waals surface area contributed by atoms with E-state index in [2.05, 4.69) is 0 Å². The number of methoxy groups -OCH3 is 1. The van der Waals surface area contributed by atoms with Crippen molar-refractivity contribution in [3.8, 4) is 23.0 Å². The molecule has 0 bridgehead atoms. The number of hydrogen-bond acceptors (Lipinski definition) is 8. The van der Waals surface area contributed by atoms with E-state index in [1.807, 2.05) is 0 Å². The van der Waals surface area contributed by atoms with E-state index in [0.29, 0.717) is 22.4 Å². The van der Waals surface area contributed by atoms with Gasteiger partial charge < -0.3 is 34.3 Å². The summed E-state index contributed by atoms with van der Waals surface area (Å²) >= 11 is 0. The fourth-order valence-electron chi connectivity index (χ4n) is 4.05. The maximum atomic E-state index is 13.6. The first-order valence-electron chi connectivity index (χ1n) is 10.3. The summed E-state index contributed by atoms with van der Waals surface area (Å²) in [5.74, 6) is 0.0116. The second kappa shape index (κ2) is 7.72. The van der Waals surface area contributed by atoms with Gasteiger partial charge in [0.2, 0.25) is 5.43 Å². The lowest BCUT2D eigenvalue weighted by Crippen LogP contribution is -2.39. The van der Waals surface area contributed by atoms with Crippen LogP contribution in [0.5, 0.6) is 23.0 Å². The fraction of sp³-hybridized carbons (Fsp3) is 0.375. The van der Waals surface area contributed by atoms with Crippen molar-refractivity contribution in [3.63, 3.8) is 0 Å². The number of phenolic OH excluding ortho intramolecular Hbond substituents is 2. The average Bonchev–Trinajstić information content (AvgIpc) is 3.16. The van der Waals surface area contributed by atoms with Gasteiger partial charge in [-0.05, 0) is 27.2 Å². The minimum Gasteiger partial charge on any atom is -0.507 e. The Bertz CT molecular complexity index is 1310. The van der Waals surface area contributed by atoms with Crippen LogP contribution in [-0.2, 0) is 12.8 Å². The van der Waals surface area contributed by atoms with Crippen molar-refractivity contribution in [1.29, 1.82) is 0 Å². The molecule has 1 aliphatic heterocycles.